The molecule has 0 aliphatic carbocycles. The monoisotopic (exact) mass is 422 g/mol. The summed E-state index contributed by atoms with van der Waals surface area (Å²) in [4.78, 5) is 45.5. The number of methoxy groups -OCH3 is 1. The lowest BCUT2D eigenvalue weighted by Gasteiger charge is -2.32. The van der Waals surface area contributed by atoms with Crippen molar-refractivity contribution in [1.29, 1.82) is 0 Å². The molecular formula is C22H22N4O5. The molecule has 0 bridgehead atoms. The molecule has 1 N–H and O–H groups in total. The van der Waals surface area contributed by atoms with Crippen LogP contribution in [0.3, 0.4) is 0 Å². The predicted octanol–water partition coefficient (Wildman–Crippen LogP) is 2.04. The number of benzene rings is 1. The van der Waals surface area contributed by atoms with Crippen LogP contribution in [-0.2, 0) is 11.3 Å². The van der Waals surface area contributed by atoms with Crippen molar-refractivity contribution in [1.82, 2.24) is 20.1 Å². The lowest BCUT2D eigenvalue weighted by atomic mass is 10.1. The van der Waals surface area contributed by atoms with Crippen LogP contribution in [-0.4, -0.2) is 58.6 Å². The van der Waals surface area contributed by atoms with Crippen LogP contribution in [0.2, 0.25) is 0 Å². The Morgan fingerprint density at radius 2 is 2.10 bits per heavy atom. The second kappa shape index (κ2) is 7.75. The van der Waals surface area contributed by atoms with E-state index in [4.69, 9.17) is 9.47 Å². The van der Waals surface area contributed by atoms with E-state index < -0.39 is 17.7 Å². The summed E-state index contributed by atoms with van der Waals surface area (Å²) in [6.45, 7) is 5.68. The van der Waals surface area contributed by atoms with Crippen molar-refractivity contribution < 1.29 is 23.9 Å². The quantitative estimate of drug-likeness (QED) is 0.686. The third-order valence-corrected chi connectivity index (χ3v) is 5.35. The van der Waals surface area contributed by atoms with Crippen molar-refractivity contribution in [3.8, 4) is 11.5 Å². The van der Waals surface area contributed by atoms with Gasteiger partial charge in [0.1, 0.15) is 17.2 Å². The number of pyridine rings is 1. The Kier molecular flexibility index (Phi) is 5.10. The zero-order valence-corrected chi connectivity index (χ0v) is 17.3. The highest BCUT2D eigenvalue weighted by atomic mass is 16.5. The van der Waals surface area contributed by atoms with E-state index in [-0.39, 0.29) is 31.3 Å². The van der Waals surface area contributed by atoms with E-state index in [1.54, 1.807) is 37.4 Å². The minimum Gasteiger partial charge on any atom is -0.497 e. The largest absolute Gasteiger partial charge is 0.497 e. The highest BCUT2D eigenvalue weighted by molar-refractivity contribution is 6.07. The Labute approximate surface area is 179 Å². The van der Waals surface area contributed by atoms with E-state index in [0.717, 1.165) is 10.5 Å². The number of likely N-dealkylation sites (N-methyl/N-ethyl adjacent to an activating group) is 1. The standard InChI is InChI=1S/C22H22N4O5/c1-4-17-18(7-6-10-23-17)31-22(20(28)26(5-2)21(29)24-22)13-25-12-14-8-9-15(30-3)11-16(14)19(25)27/h4,6-11H,1,5,12-13H2,2-3H3,(H,24,29)/t22-/m0/s1. The van der Waals surface area contributed by atoms with Gasteiger partial charge in [0.15, 0.2) is 0 Å². The van der Waals surface area contributed by atoms with Gasteiger partial charge in [-0.15, -0.1) is 0 Å². The summed E-state index contributed by atoms with van der Waals surface area (Å²) in [5.74, 6) is -0.00700. The number of ether oxygens (including phenoxy) is 2. The van der Waals surface area contributed by atoms with Crippen LogP contribution in [0.5, 0.6) is 11.5 Å². The van der Waals surface area contributed by atoms with Gasteiger partial charge in [0.2, 0.25) is 0 Å². The molecule has 3 heterocycles. The molecular weight excluding hydrogens is 400 g/mol. The van der Waals surface area contributed by atoms with Gasteiger partial charge in [-0.2, -0.15) is 0 Å². The van der Waals surface area contributed by atoms with Crippen LogP contribution >= 0.6 is 0 Å². The summed E-state index contributed by atoms with van der Waals surface area (Å²) in [5, 5.41) is 2.65. The minimum atomic E-state index is -1.78. The van der Waals surface area contributed by atoms with Crippen LogP contribution in [0.25, 0.3) is 6.08 Å². The van der Waals surface area contributed by atoms with Crippen LogP contribution in [0, 0.1) is 0 Å². The van der Waals surface area contributed by atoms with E-state index in [1.165, 1.54) is 18.1 Å². The van der Waals surface area contributed by atoms with E-state index in [0.29, 0.717) is 17.0 Å². The molecule has 1 aromatic heterocycles. The Morgan fingerprint density at radius 1 is 1.29 bits per heavy atom. The first-order valence-corrected chi connectivity index (χ1v) is 9.79. The van der Waals surface area contributed by atoms with Crippen molar-refractivity contribution in [2.24, 2.45) is 0 Å². The predicted molar refractivity (Wildman–Crippen MR) is 111 cm³/mol. The normalized spacial score (nSPS) is 20.0. The van der Waals surface area contributed by atoms with Crippen LogP contribution < -0.4 is 14.8 Å². The van der Waals surface area contributed by atoms with E-state index in [9.17, 15) is 14.4 Å². The molecule has 1 saturated heterocycles. The van der Waals surface area contributed by atoms with Crippen molar-refractivity contribution in [3.63, 3.8) is 0 Å². The lowest BCUT2D eigenvalue weighted by molar-refractivity contribution is -0.142. The maximum absolute atomic E-state index is 13.3. The molecule has 2 aliphatic heterocycles. The van der Waals surface area contributed by atoms with Crippen LogP contribution in [0.1, 0.15) is 28.5 Å². The molecule has 160 valence electrons. The Morgan fingerprint density at radius 3 is 2.77 bits per heavy atom. The average molecular weight is 422 g/mol. The number of amides is 4. The van der Waals surface area contributed by atoms with Gasteiger partial charge in [-0.3, -0.25) is 24.8 Å². The molecule has 2 aromatic rings. The molecule has 9 heteroatoms. The van der Waals surface area contributed by atoms with Gasteiger partial charge in [-0.25, -0.2) is 4.79 Å². The molecule has 1 atom stereocenters. The summed E-state index contributed by atoms with van der Waals surface area (Å²) in [6.07, 6.45) is 3.06. The van der Waals surface area contributed by atoms with Crippen molar-refractivity contribution in [3.05, 3.63) is 59.9 Å². The van der Waals surface area contributed by atoms with Gasteiger partial charge in [-0.05, 0) is 42.8 Å². The van der Waals surface area contributed by atoms with Crippen molar-refractivity contribution >= 4 is 23.9 Å². The fourth-order valence-electron chi connectivity index (χ4n) is 3.79. The maximum atomic E-state index is 13.3. The highest BCUT2D eigenvalue weighted by Crippen LogP contribution is 2.31. The Balaban J connectivity index is 1.69. The molecule has 4 rings (SSSR count). The third kappa shape index (κ3) is 3.37. The van der Waals surface area contributed by atoms with Gasteiger partial charge in [0.25, 0.3) is 17.5 Å². The highest BCUT2D eigenvalue weighted by Gasteiger charge is 2.55. The van der Waals surface area contributed by atoms with Crippen LogP contribution in [0.4, 0.5) is 4.79 Å². The zero-order chi connectivity index (χ0) is 22.2. The number of carbonyl (C=O) groups is 3. The molecule has 0 unspecified atom stereocenters. The first-order chi connectivity index (χ1) is 14.9. The van der Waals surface area contributed by atoms with Crippen molar-refractivity contribution in [2.75, 3.05) is 20.2 Å². The number of hydrogen-bond acceptors (Lipinski definition) is 6. The van der Waals surface area contributed by atoms with Gasteiger partial charge in [-0.1, -0.05) is 12.6 Å². The topological polar surface area (TPSA) is 101 Å². The zero-order valence-electron chi connectivity index (χ0n) is 17.3. The molecule has 0 radical (unpaired) electrons. The van der Waals surface area contributed by atoms with E-state index in [2.05, 4.69) is 16.9 Å². The summed E-state index contributed by atoms with van der Waals surface area (Å²) < 4.78 is 11.3. The minimum absolute atomic E-state index is 0.169. The molecule has 0 saturated carbocycles. The number of nitrogens with zero attached hydrogens (tertiary/aromatic N) is 3. The number of aromatic nitrogens is 1. The first-order valence-electron chi connectivity index (χ1n) is 9.79. The smallest absolute Gasteiger partial charge is 0.327 e. The molecule has 1 aromatic carbocycles. The number of carbonyl (C=O) groups excluding carboxylic acids is 3. The average Bonchev–Trinajstić information content (AvgIpc) is 3.20. The van der Waals surface area contributed by atoms with Gasteiger partial charge >= 0.3 is 6.03 Å². The number of rotatable bonds is 7. The summed E-state index contributed by atoms with van der Waals surface area (Å²) >= 11 is 0. The summed E-state index contributed by atoms with van der Waals surface area (Å²) in [6, 6.07) is 7.94. The number of imide groups is 1. The number of fused-ring (bicyclic) bond motifs is 1. The van der Waals surface area contributed by atoms with Crippen molar-refractivity contribution in [2.45, 2.75) is 19.2 Å². The van der Waals surface area contributed by atoms with Gasteiger partial charge in [0, 0.05) is 24.8 Å². The van der Waals surface area contributed by atoms with Crippen LogP contribution in [0.15, 0.2) is 43.1 Å². The van der Waals surface area contributed by atoms with Gasteiger partial charge < -0.3 is 14.4 Å². The lowest BCUT2D eigenvalue weighted by Crippen LogP contribution is -2.59. The molecule has 31 heavy (non-hydrogen) atoms. The number of urea groups is 1. The van der Waals surface area contributed by atoms with E-state index >= 15 is 0 Å². The number of nitrogens with one attached hydrogen (secondary N) is 1. The fraction of sp³-hybridized carbons (Fsp3) is 0.273. The fourth-order valence-corrected chi connectivity index (χ4v) is 3.79. The summed E-state index contributed by atoms with van der Waals surface area (Å²) in [7, 11) is 1.53. The SMILES string of the molecule is C=Cc1ncccc1O[C@]1(CN2Cc3ccc(OC)cc3C2=O)NC(=O)N(CC)C1=O. The Bertz CT molecular complexity index is 1090. The number of hydrogen-bond donors (Lipinski definition) is 1. The molecule has 0 spiro atoms. The van der Waals surface area contributed by atoms with E-state index in [1.807, 2.05) is 6.07 Å². The third-order valence-electron chi connectivity index (χ3n) is 5.35. The first kappa shape index (κ1) is 20.4. The Hall–Kier alpha value is -3.88. The second-order valence-corrected chi connectivity index (χ2v) is 7.18. The molecule has 4 amide bonds. The second-order valence-electron chi connectivity index (χ2n) is 7.18. The molecule has 1 fully saturated rings. The maximum Gasteiger partial charge on any atom is 0.327 e. The summed E-state index contributed by atoms with van der Waals surface area (Å²) in [5.41, 5.74) is -0.0694. The molecule has 9 nitrogen and oxygen atoms in total. The van der Waals surface area contributed by atoms with Gasteiger partial charge in [0.05, 0.1) is 13.7 Å². The molecule has 2 aliphatic rings.